The predicted octanol–water partition coefficient (Wildman–Crippen LogP) is 2.12. The fourth-order valence-corrected chi connectivity index (χ4v) is 2.56. The molecule has 1 aliphatic heterocycles. The van der Waals surface area contributed by atoms with Crippen molar-refractivity contribution < 1.29 is 4.74 Å². The molecular weight excluding hydrogens is 212 g/mol. The van der Waals surface area contributed by atoms with Gasteiger partial charge in [0.2, 0.25) is 0 Å². The minimum absolute atomic E-state index is 0.688. The van der Waals surface area contributed by atoms with E-state index in [-0.39, 0.29) is 0 Å². The van der Waals surface area contributed by atoms with Crippen LogP contribution in [0.5, 0.6) is 0 Å². The molecule has 1 heterocycles. The SMILES string of the molecule is COCCN(CC(C)C)CC1CCCCCN1. The van der Waals surface area contributed by atoms with E-state index in [2.05, 4.69) is 24.1 Å². The van der Waals surface area contributed by atoms with Crippen LogP contribution in [0.4, 0.5) is 0 Å². The first-order valence-electron chi connectivity index (χ1n) is 7.17. The Bertz CT molecular complexity index is 177. The normalized spacial score (nSPS) is 22.1. The molecule has 1 fully saturated rings. The molecule has 1 N–H and O–H groups in total. The Hall–Kier alpha value is -0.120. The molecule has 0 radical (unpaired) electrons. The van der Waals surface area contributed by atoms with E-state index in [9.17, 15) is 0 Å². The molecule has 1 unspecified atom stereocenters. The highest BCUT2D eigenvalue weighted by molar-refractivity contribution is 4.75. The van der Waals surface area contributed by atoms with Gasteiger partial charge in [-0.05, 0) is 25.3 Å². The number of nitrogens with one attached hydrogen (secondary N) is 1. The summed E-state index contributed by atoms with van der Waals surface area (Å²) in [6.07, 6.45) is 5.46. The van der Waals surface area contributed by atoms with Crippen molar-refractivity contribution in [3.63, 3.8) is 0 Å². The average Bonchev–Trinajstić information content (AvgIpc) is 2.53. The molecule has 0 amide bonds. The largest absolute Gasteiger partial charge is 0.383 e. The second-order valence-electron chi connectivity index (χ2n) is 5.65. The molecule has 0 aromatic rings. The second-order valence-corrected chi connectivity index (χ2v) is 5.65. The lowest BCUT2D eigenvalue weighted by Crippen LogP contribution is -2.43. The van der Waals surface area contributed by atoms with Gasteiger partial charge in [0.25, 0.3) is 0 Å². The Balaban J connectivity index is 2.33. The maximum Gasteiger partial charge on any atom is 0.0589 e. The van der Waals surface area contributed by atoms with E-state index in [4.69, 9.17) is 4.74 Å². The molecular formula is C14H30N2O. The Kier molecular flexibility index (Phi) is 7.82. The Morgan fingerprint density at radius 2 is 2.12 bits per heavy atom. The molecule has 102 valence electrons. The van der Waals surface area contributed by atoms with E-state index in [1.54, 1.807) is 7.11 Å². The van der Waals surface area contributed by atoms with Crippen LogP contribution in [0.2, 0.25) is 0 Å². The molecule has 1 saturated heterocycles. The lowest BCUT2D eigenvalue weighted by molar-refractivity contribution is 0.132. The number of hydrogen-bond acceptors (Lipinski definition) is 3. The van der Waals surface area contributed by atoms with Gasteiger partial charge in [0.1, 0.15) is 0 Å². The number of methoxy groups -OCH3 is 1. The summed E-state index contributed by atoms with van der Waals surface area (Å²) in [6.45, 7) is 10.1. The van der Waals surface area contributed by atoms with Crippen LogP contribution in [0.15, 0.2) is 0 Å². The molecule has 0 aliphatic carbocycles. The summed E-state index contributed by atoms with van der Waals surface area (Å²) in [5, 5.41) is 3.68. The highest BCUT2D eigenvalue weighted by Gasteiger charge is 2.16. The van der Waals surface area contributed by atoms with Gasteiger partial charge in [0.05, 0.1) is 6.61 Å². The summed E-state index contributed by atoms with van der Waals surface area (Å²) in [5.74, 6) is 0.734. The van der Waals surface area contributed by atoms with Crippen LogP contribution in [0.25, 0.3) is 0 Å². The molecule has 0 bridgehead atoms. The quantitative estimate of drug-likeness (QED) is 0.740. The summed E-state index contributed by atoms with van der Waals surface area (Å²) in [6, 6.07) is 0.688. The van der Waals surface area contributed by atoms with E-state index < -0.39 is 0 Å². The van der Waals surface area contributed by atoms with E-state index in [1.165, 1.54) is 45.3 Å². The Morgan fingerprint density at radius 3 is 2.82 bits per heavy atom. The first kappa shape index (κ1) is 14.9. The van der Waals surface area contributed by atoms with Crippen molar-refractivity contribution in [3.05, 3.63) is 0 Å². The van der Waals surface area contributed by atoms with E-state index >= 15 is 0 Å². The fraction of sp³-hybridized carbons (Fsp3) is 1.00. The molecule has 0 aromatic carbocycles. The molecule has 1 atom stereocenters. The van der Waals surface area contributed by atoms with Crippen LogP contribution >= 0.6 is 0 Å². The lowest BCUT2D eigenvalue weighted by Gasteiger charge is -2.28. The van der Waals surface area contributed by atoms with E-state index in [0.29, 0.717) is 6.04 Å². The summed E-state index contributed by atoms with van der Waals surface area (Å²) in [7, 11) is 1.79. The van der Waals surface area contributed by atoms with Gasteiger partial charge < -0.3 is 10.1 Å². The van der Waals surface area contributed by atoms with E-state index in [0.717, 1.165) is 19.1 Å². The summed E-state index contributed by atoms with van der Waals surface area (Å²) in [5.41, 5.74) is 0. The highest BCUT2D eigenvalue weighted by atomic mass is 16.5. The minimum atomic E-state index is 0.688. The van der Waals surface area contributed by atoms with Crippen LogP contribution < -0.4 is 5.32 Å². The molecule has 3 heteroatoms. The zero-order valence-electron chi connectivity index (χ0n) is 11.9. The van der Waals surface area contributed by atoms with Gasteiger partial charge in [-0.15, -0.1) is 0 Å². The van der Waals surface area contributed by atoms with Gasteiger partial charge in [0.15, 0.2) is 0 Å². The van der Waals surface area contributed by atoms with Crippen molar-refractivity contribution in [3.8, 4) is 0 Å². The lowest BCUT2D eigenvalue weighted by atomic mass is 10.1. The van der Waals surface area contributed by atoms with Crippen molar-refractivity contribution in [2.75, 3.05) is 39.9 Å². The maximum absolute atomic E-state index is 5.21. The predicted molar refractivity (Wildman–Crippen MR) is 73.4 cm³/mol. The zero-order valence-corrected chi connectivity index (χ0v) is 11.9. The first-order valence-corrected chi connectivity index (χ1v) is 7.17. The standard InChI is InChI=1S/C14H30N2O/c1-13(2)11-16(9-10-17-3)12-14-7-5-4-6-8-15-14/h13-15H,4-12H2,1-3H3. The number of hydrogen-bond donors (Lipinski definition) is 1. The number of nitrogens with zero attached hydrogens (tertiary/aromatic N) is 1. The smallest absolute Gasteiger partial charge is 0.0589 e. The topological polar surface area (TPSA) is 24.5 Å². The number of rotatable bonds is 7. The molecule has 1 aliphatic rings. The van der Waals surface area contributed by atoms with Gasteiger partial charge in [-0.3, -0.25) is 4.90 Å². The summed E-state index contributed by atoms with van der Waals surface area (Å²) in [4.78, 5) is 2.55. The third-order valence-corrected chi connectivity index (χ3v) is 3.38. The molecule has 0 spiro atoms. The maximum atomic E-state index is 5.21. The summed E-state index contributed by atoms with van der Waals surface area (Å²) < 4.78 is 5.21. The van der Waals surface area contributed by atoms with Gasteiger partial charge in [-0.2, -0.15) is 0 Å². The van der Waals surface area contributed by atoms with Crippen molar-refractivity contribution in [1.82, 2.24) is 10.2 Å². The molecule has 0 saturated carbocycles. The highest BCUT2D eigenvalue weighted by Crippen LogP contribution is 2.10. The summed E-state index contributed by atoms with van der Waals surface area (Å²) >= 11 is 0. The zero-order chi connectivity index (χ0) is 12.5. The van der Waals surface area contributed by atoms with Crippen LogP contribution in [-0.4, -0.2) is 50.8 Å². The minimum Gasteiger partial charge on any atom is -0.383 e. The monoisotopic (exact) mass is 242 g/mol. The molecule has 17 heavy (non-hydrogen) atoms. The third-order valence-electron chi connectivity index (χ3n) is 3.38. The average molecular weight is 242 g/mol. The molecule has 1 rings (SSSR count). The molecule has 3 nitrogen and oxygen atoms in total. The van der Waals surface area contributed by atoms with Gasteiger partial charge in [0, 0.05) is 32.8 Å². The van der Waals surface area contributed by atoms with E-state index in [1.807, 2.05) is 0 Å². The fourth-order valence-electron chi connectivity index (χ4n) is 2.56. The second kappa shape index (κ2) is 8.90. The first-order chi connectivity index (χ1) is 8.22. The molecule has 0 aromatic heterocycles. The van der Waals surface area contributed by atoms with Crippen LogP contribution in [0.1, 0.15) is 39.5 Å². The van der Waals surface area contributed by atoms with Crippen LogP contribution in [-0.2, 0) is 4.74 Å². The van der Waals surface area contributed by atoms with Crippen molar-refractivity contribution in [2.45, 2.75) is 45.6 Å². The Morgan fingerprint density at radius 1 is 1.29 bits per heavy atom. The third kappa shape index (κ3) is 7.02. The van der Waals surface area contributed by atoms with Gasteiger partial charge in [-0.1, -0.05) is 26.7 Å². The Labute approximate surface area is 107 Å². The van der Waals surface area contributed by atoms with Crippen molar-refractivity contribution >= 4 is 0 Å². The number of ether oxygens (including phenoxy) is 1. The van der Waals surface area contributed by atoms with Gasteiger partial charge in [-0.25, -0.2) is 0 Å². The van der Waals surface area contributed by atoms with Crippen LogP contribution in [0.3, 0.4) is 0 Å². The van der Waals surface area contributed by atoms with Crippen molar-refractivity contribution in [2.24, 2.45) is 5.92 Å². The van der Waals surface area contributed by atoms with Crippen molar-refractivity contribution in [1.29, 1.82) is 0 Å². The van der Waals surface area contributed by atoms with Gasteiger partial charge >= 0.3 is 0 Å². The van der Waals surface area contributed by atoms with Crippen LogP contribution in [0, 0.1) is 5.92 Å².